The van der Waals surface area contributed by atoms with Crippen molar-refractivity contribution in [3.8, 4) is 5.75 Å². The smallest absolute Gasteiger partial charge is 0.128 e. The molecular formula is C12H18NOP. The average molecular weight is 223 g/mol. The van der Waals surface area contributed by atoms with Gasteiger partial charge in [0.15, 0.2) is 0 Å². The van der Waals surface area contributed by atoms with E-state index in [2.05, 4.69) is 38.2 Å². The number of nitrogens with one attached hydrogen (secondary N) is 1. The summed E-state index contributed by atoms with van der Waals surface area (Å²) in [6.45, 7) is 6.92. The maximum Gasteiger partial charge on any atom is 0.128 e. The molecular weight excluding hydrogens is 205 g/mol. The number of benzene rings is 1. The van der Waals surface area contributed by atoms with Crippen molar-refractivity contribution in [1.82, 2.24) is 0 Å². The molecule has 1 aromatic rings. The standard InChI is InChI=1S/C12H18NOP/c1-12(2,3)15-8-13-9-6-5-7-10(14-4)11(9)15/h5-7,13H,8H2,1-4H3/t15-/m1/s1. The zero-order valence-electron chi connectivity index (χ0n) is 9.79. The lowest BCUT2D eigenvalue weighted by atomic mass is 10.2. The van der Waals surface area contributed by atoms with E-state index < -0.39 is 0 Å². The molecule has 2 nitrogen and oxygen atoms in total. The van der Waals surface area contributed by atoms with Gasteiger partial charge >= 0.3 is 0 Å². The zero-order chi connectivity index (χ0) is 11.1. The third-order valence-corrected chi connectivity index (χ3v) is 5.82. The first kappa shape index (κ1) is 10.8. The van der Waals surface area contributed by atoms with Crippen molar-refractivity contribution >= 4 is 18.9 Å². The van der Waals surface area contributed by atoms with Gasteiger partial charge in [0.25, 0.3) is 0 Å². The minimum Gasteiger partial charge on any atom is -0.496 e. The molecule has 0 unspecified atom stereocenters. The van der Waals surface area contributed by atoms with Gasteiger partial charge in [0.05, 0.1) is 7.11 Å². The molecule has 0 radical (unpaired) electrons. The van der Waals surface area contributed by atoms with Crippen LogP contribution in [0.4, 0.5) is 5.69 Å². The second-order valence-electron chi connectivity index (χ2n) is 4.79. The van der Waals surface area contributed by atoms with E-state index in [0.29, 0.717) is 5.16 Å². The van der Waals surface area contributed by atoms with Crippen molar-refractivity contribution in [2.75, 3.05) is 18.7 Å². The maximum absolute atomic E-state index is 5.46. The van der Waals surface area contributed by atoms with Gasteiger partial charge in [0, 0.05) is 17.3 Å². The average Bonchev–Trinajstić information content (AvgIpc) is 2.59. The van der Waals surface area contributed by atoms with Crippen LogP contribution in [0, 0.1) is 0 Å². The largest absolute Gasteiger partial charge is 0.496 e. The molecule has 0 bridgehead atoms. The molecule has 0 spiro atoms. The molecule has 0 aliphatic carbocycles. The van der Waals surface area contributed by atoms with Crippen molar-refractivity contribution in [3.63, 3.8) is 0 Å². The van der Waals surface area contributed by atoms with E-state index in [-0.39, 0.29) is 7.92 Å². The Morgan fingerprint density at radius 1 is 1.33 bits per heavy atom. The molecule has 15 heavy (non-hydrogen) atoms. The second kappa shape index (κ2) is 3.68. The Morgan fingerprint density at radius 3 is 2.67 bits per heavy atom. The summed E-state index contributed by atoms with van der Waals surface area (Å²) in [7, 11) is 1.59. The number of anilines is 1. The van der Waals surface area contributed by atoms with Gasteiger partial charge in [-0.1, -0.05) is 26.8 Å². The van der Waals surface area contributed by atoms with Crippen molar-refractivity contribution in [3.05, 3.63) is 18.2 Å². The summed E-state index contributed by atoms with van der Waals surface area (Å²) >= 11 is 0. The Labute approximate surface area is 92.8 Å². The molecule has 1 aliphatic rings. The minimum atomic E-state index is -0.165. The Bertz CT molecular complexity index is 370. The molecule has 0 fully saturated rings. The Kier molecular flexibility index (Phi) is 2.64. The molecule has 1 N–H and O–H groups in total. The number of methoxy groups -OCH3 is 1. The van der Waals surface area contributed by atoms with Crippen LogP contribution < -0.4 is 15.4 Å². The van der Waals surface area contributed by atoms with E-state index >= 15 is 0 Å². The molecule has 1 heterocycles. The Morgan fingerprint density at radius 2 is 2.07 bits per heavy atom. The summed E-state index contributed by atoms with van der Waals surface area (Å²) < 4.78 is 5.46. The van der Waals surface area contributed by atoms with Crippen LogP contribution in [0.5, 0.6) is 5.75 Å². The van der Waals surface area contributed by atoms with Gasteiger partial charge in [-0.05, 0) is 25.2 Å². The summed E-state index contributed by atoms with van der Waals surface area (Å²) in [5.74, 6) is 1.04. The summed E-state index contributed by atoms with van der Waals surface area (Å²) in [5.41, 5.74) is 1.26. The highest BCUT2D eigenvalue weighted by Gasteiger charge is 2.34. The third-order valence-electron chi connectivity index (χ3n) is 2.73. The first-order chi connectivity index (χ1) is 7.04. The molecule has 1 aromatic carbocycles. The third kappa shape index (κ3) is 1.83. The van der Waals surface area contributed by atoms with Gasteiger partial charge < -0.3 is 10.1 Å². The molecule has 82 valence electrons. The van der Waals surface area contributed by atoms with E-state index in [1.54, 1.807) is 7.11 Å². The van der Waals surface area contributed by atoms with E-state index in [1.165, 1.54) is 11.0 Å². The highest BCUT2D eigenvalue weighted by molar-refractivity contribution is 7.68. The van der Waals surface area contributed by atoms with Crippen LogP contribution in [0.2, 0.25) is 0 Å². The van der Waals surface area contributed by atoms with E-state index in [0.717, 1.165) is 12.0 Å². The maximum atomic E-state index is 5.46. The lowest BCUT2D eigenvalue weighted by Gasteiger charge is -2.28. The van der Waals surface area contributed by atoms with Crippen LogP contribution in [0.1, 0.15) is 20.8 Å². The Balaban J connectivity index is 2.48. The molecule has 0 amide bonds. The molecule has 0 saturated heterocycles. The van der Waals surface area contributed by atoms with Gasteiger partial charge in [-0.15, -0.1) is 0 Å². The number of ether oxygens (including phenoxy) is 1. The Hall–Kier alpha value is -0.750. The molecule has 3 heteroatoms. The quantitative estimate of drug-likeness (QED) is 0.739. The number of rotatable bonds is 1. The van der Waals surface area contributed by atoms with Crippen LogP contribution >= 0.6 is 7.92 Å². The summed E-state index contributed by atoms with van der Waals surface area (Å²) in [4.78, 5) is 0. The van der Waals surface area contributed by atoms with E-state index in [4.69, 9.17) is 4.74 Å². The van der Waals surface area contributed by atoms with E-state index in [9.17, 15) is 0 Å². The number of fused-ring (bicyclic) bond motifs is 1. The number of hydrogen-bond donors (Lipinski definition) is 1. The highest BCUT2D eigenvalue weighted by atomic mass is 31.1. The summed E-state index contributed by atoms with van der Waals surface area (Å²) in [6.07, 6.45) is 1.08. The van der Waals surface area contributed by atoms with Crippen molar-refractivity contribution < 1.29 is 4.74 Å². The predicted octanol–water partition coefficient (Wildman–Crippen LogP) is 2.98. The van der Waals surface area contributed by atoms with Gasteiger partial charge in [-0.3, -0.25) is 0 Å². The van der Waals surface area contributed by atoms with Crippen LogP contribution in [0.25, 0.3) is 0 Å². The monoisotopic (exact) mass is 223 g/mol. The van der Waals surface area contributed by atoms with E-state index in [1.807, 2.05) is 6.07 Å². The first-order valence-electron chi connectivity index (χ1n) is 5.22. The topological polar surface area (TPSA) is 21.3 Å². The van der Waals surface area contributed by atoms with Crippen LogP contribution in [0.15, 0.2) is 18.2 Å². The van der Waals surface area contributed by atoms with Gasteiger partial charge in [-0.2, -0.15) is 0 Å². The summed E-state index contributed by atoms with van der Waals surface area (Å²) in [6, 6.07) is 6.25. The summed E-state index contributed by atoms with van der Waals surface area (Å²) in [5, 5.41) is 5.22. The normalized spacial score (nSPS) is 19.6. The van der Waals surface area contributed by atoms with Crippen LogP contribution in [0.3, 0.4) is 0 Å². The fraction of sp³-hybridized carbons (Fsp3) is 0.500. The second-order valence-corrected chi connectivity index (χ2v) is 7.75. The van der Waals surface area contributed by atoms with Crippen molar-refractivity contribution in [2.45, 2.75) is 25.9 Å². The zero-order valence-corrected chi connectivity index (χ0v) is 10.7. The predicted molar refractivity (Wildman–Crippen MR) is 67.8 cm³/mol. The SMILES string of the molecule is COc1cccc2c1[P@](C(C)(C)C)CN2. The van der Waals surface area contributed by atoms with Crippen molar-refractivity contribution in [2.24, 2.45) is 0 Å². The fourth-order valence-electron chi connectivity index (χ4n) is 1.92. The van der Waals surface area contributed by atoms with Gasteiger partial charge in [-0.25, -0.2) is 0 Å². The van der Waals surface area contributed by atoms with Crippen LogP contribution in [-0.4, -0.2) is 18.6 Å². The molecule has 1 aliphatic heterocycles. The lowest BCUT2D eigenvalue weighted by Crippen LogP contribution is -2.19. The lowest BCUT2D eigenvalue weighted by molar-refractivity contribution is 0.418. The molecule has 1 atom stereocenters. The highest BCUT2D eigenvalue weighted by Crippen LogP contribution is 2.54. The first-order valence-corrected chi connectivity index (χ1v) is 6.75. The van der Waals surface area contributed by atoms with Gasteiger partial charge in [0.1, 0.15) is 5.75 Å². The minimum absolute atomic E-state index is 0.165. The van der Waals surface area contributed by atoms with Gasteiger partial charge in [0.2, 0.25) is 0 Å². The number of hydrogen-bond acceptors (Lipinski definition) is 2. The molecule has 0 saturated carbocycles. The molecule has 2 rings (SSSR count). The van der Waals surface area contributed by atoms with Crippen molar-refractivity contribution in [1.29, 1.82) is 0 Å². The van der Waals surface area contributed by atoms with Crippen LogP contribution in [-0.2, 0) is 0 Å². The fourth-order valence-corrected chi connectivity index (χ4v) is 4.43. The molecule has 0 aromatic heterocycles.